The van der Waals surface area contributed by atoms with Gasteiger partial charge in [-0.2, -0.15) is 0 Å². The highest BCUT2D eigenvalue weighted by Gasteiger charge is 2.35. The Hall–Kier alpha value is -3.45. The number of rotatable bonds is 5. The van der Waals surface area contributed by atoms with Crippen molar-refractivity contribution in [2.45, 2.75) is 19.3 Å². The molecule has 1 unspecified atom stereocenters. The molecule has 3 heterocycles. The van der Waals surface area contributed by atoms with Gasteiger partial charge < -0.3 is 15.1 Å². The van der Waals surface area contributed by atoms with Gasteiger partial charge in [-0.15, -0.1) is 10.2 Å². The summed E-state index contributed by atoms with van der Waals surface area (Å²) < 4.78 is 0. The van der Waals surface area contributed by atoms with Crippen molar-refractivity contribution in [2.24, 2.45) is 5.92 Å². The highest BCUT2D eigenvalue weighted by atomic mass is 35.5. The molecule has 33 heavy (non-hydrogen) atoms. The Labute approximate surface area is 197 Å². The minimum absolute atomic E-state index is 0.0698. The Morgan fingerprint density at radius 2 is 1.79 bits per heavy atom. The summed E-state index contributed by atoms with van der Waals surface area (Å²) in [7, 11) is 0. The second-order valence-corrected chi connectivity index (χ2v) is 8.86. The van der Waals surface area contributed by atoms with E-state index in [0.29, 0.717) is 17.3 Å². The van der Waals surface area contributed by atoms with Crippen LogP contribution in [0.3, 0.4) is 0 Å². The Kier molecular flexibility index (Phi) is 5.96. The van der Waals surface area contributed by atoms with Crippen LogP contribution in [0.25, 0.3) is 11.3 Å². The van der Waals surface area contributed by atoms with Gasteiger partial charge in [0.2, 0.25) is 11.8 Å². The summed E-state index contributed by atoms with van der Waals surface area (Å²) in [6, 6.07) is 18.5. The molecule has 3 aromatic rings. The predicted octanol–water partition coefficient (Wildman–Crippen LogP) is 4.39. The number of carbonyl (C=O) groups excluding carboxylic acids is 2. The van der Waals surface area contributed by atoms with Crippen LogP contribution in [-0.2, 0) is 9.59 Å². The lowest BCUT2D eigenvalue weighted by Crippen LogP contribution is -2.28. The number of amides is 2. The van der Waals surface area contributed by atoms with Crippen LogP contribution in [0.2, 0.25) is 5.02 Å². The van der Waals surface area contributed by atoms with Gasteiger partial charge in [0.25, 0.3) is 0 Å². The first-order valence-electron chi connectivity index (χ1n) is 11.1. The fraction of sp³-hybridized carbons (Fsp3) is 0.280. The maximum absolute atomic E-state index is 12.9. The van der Waals surface area contributed by atoms with Crippen LogP contribution in [0.15, 0.2) is 60.7 Å². The van der Waals surface area contributed by atoms with Crippen LogP contribution < -0.4 is 15.1 Å². The molecule has 0 aliphatic carbocycles. The molecule has 2 saturated heterocycles. The van der Waals surface area contributed by atoms with Gasteiger partial charge in [-0.05, 0) is 61.4 Å². The number of hydrogen-bond donors (Lipinski definition) is 1. The Balaban J connectivity index is 1.25. The molecule has 1 aromatic heterocycles. The third kappa shape index (κ3) is 4.68. The van der Waals surface area contributed by atoms with E-state index in [1.54, 1.807) is 29.2 Å². The maximum atomic E-state index is 12.9. The molecule has 5 rings (SSSR count). The normalized spacial score (nSPS) is 18.1. The van der Waals surface area contributed by atoms with E-state index >= 15 is 0 Å². The zero-order valence-corrected chi connectivity index (χ0v) is 18.8. The number of carbonyl (C=O) groups is 2. The Morgan fingerprint density at radius 1 is 1.00 bits per heavy atom. The van der Waals surface area contributed by atoms with Crippen molar-refractivity contribution < 1.29 is 9.59 Å². The van der Waals surface area contributed by atoms with Crippen molar-refractivity contribution in [3.05, 3.63) is 65.7 Å². The smallest absolute Gasteiger partial charge is 0.229 e. The first-order valence-corrected chi connectivity index (χ1v) is 11.5. The van der Waals surface area contributed by atoms with Gasteiger partial charge in [0.05, 0.1) is 11.6 Å². The lowest BCUT2D eigenvalue weighted by Gasteiger charge is -2.17. The molecule has 2 aliphatic heterocycles. The van der Waals surface area contributed by atoms with E-state index in [9.17, 15) is 9.59 Å². The molecule has 2 aromatic carbocycles. The highest BCUT2D eigenvalue weighted by molar-refractivity contribution is 6.30. The van der Waals surface area contributed by atoms with Crippen molar-refractivity contribution in [2.75, 3.05) is 34.8 Å². The number of halogens is 1. The van der Waals surface area contributed by atoms with Gasteiger partial charge in [0, 0.05) is 48.0 Å². The molecule has 0 radical (unpaired) electrons. The monoisotopic (exact) mass is 461 g/mol. The minimum Gasteiger partial charge on any atom is -0.355 e. The first-order chi connectivity index (χ1) is 16.1. The first kappa shape index (κ1) is 21.4. The highest BCUT2D eigenvalue weighted by Crippen LogP contribution is 2.28. The molecule has 0 spiro atoms. The van der Waals surface area contributed by atoms with E-state index < -0.39 is 5.92 Å². The number of benzene rings is 2. The minimum atomic E-state index is -0.420. The van der Waals surface area contributed by atoms with Gasteiger partial charge in [-0.25, -0.2) is 0 Å². The maximum Gasteiger partial charge on any atom is 0.229 e. The van der Waals surface area contributed by atoms with Gasteiger partial charge in [0.15, 0.2) is 5.82 Å². The summed E-state index contributed by atoms with van der Waals surface area (Å²) in [4.78, 5) is 29.2. The van der Waals surface area contributed by atoms with E-state index in [2.05, 4.69) is 20.4 Å². The number of anilines is 3. The van der Waals surface area contributed by atoms with E-state index in [1.807, 2.05) is 36.4 Å². The molecule has 1 N–H and O–H groups in total. The molecule has 7 nitrogen and oxygen atoms in total. The van der Waals surface area contributed by atoms with E-state index in [4.69, 9.17) is 11.6 Å². The van der Waals surface area contributed by atoms with Crippen molar-refractivity contribution in [3.63, 3.8) is 0 Å². The number of nitrogens with one attached hydrogen (secondary N) is 1. The molecule has 0 bridgehead atoms. The molecule has 2 fully saturated rings. The molecule has 0 saturated carbocycles. The molecule has 8 heteroatoms. The zero-order valence-electron chi connectivity index (χ0n) is 18.1. The SMILES string of the molecule is O=C(Nc1cccc(-c2ccc(N3CCCC3)nn2)c1)C1CC(=O)N(c2ccc(Cl)cc2)C1. The summed E-state index contributed by atoms with van der Waals surface area (Å²) in [5.74, 6) is 0.236. The van der Waals surface area contributed by atoms with E-state index in [1.165, 1.54) is 12.8 Å². The van der Waals surface area contributed by atoms with E-state index in [0.717, 1.165) is 35.9 Å². The van der Waals surface area contributed by atoms with Crippen LogP contribution >= 0.6 is 11.6 Å². The molecule has 2 amide bonds. The quantitative estimate of drug-likeness (QED) is 0.609. The van der Waals surface area contributed by atoms with Gasteiger partial charge in [0.1, 0.15) is 0 Å². The third-order valence-electron chi connectivity index (χ3n) is 6.14. The number of nitrogens with zero attached hydrogens (tertiary/aromatic N) is 4. The third-order valence-corrected chi connectivity index (χ3v) is 6.39. The molecule has 1 atom stereocenters. The van der Waals surface area contributed by atoms with Crippen LogP contribution in [0, 0.1) is 5.92 Å². The lowest BCUT2D eigenvalue weighted by atomic mass is 10.1. The molecule has 168 valence electrons. The van der Waals surface area contributed by atoms with Crippen molar-refractivity contribution in [3.8, 4) is 11.3 Å². The fourth-order valence-electron chi connectivity index (χ4n) is 4.35. The average Bonchev–Trinajstić information content (AvgIpc) is 3.50. The molecular weight excluding hydrogens is 438 g/mol. The molecule has 2 aliphatic rings. The van der Waals surface area contributed by atoms with Crippen molar-refractivity contribution >= 4 is 40.6 Å². The fourth-order valence-corrected chi connectivity index (χ4v) is 4.47. The summed E-state index contributed by atoms with van der Waals surface area (Å²) in [5.41, 5.74) is 3.04. The largest absolute Gasteiger partial charge is 0.355 e. The Morgan fingerprint density at radius 3 is 2.52 bits per heavy atom. The van der Waals surface area contributed by atoms with Crippen molar-refractivity contribution in [1.82, 2.24) is 10.2 Å². The van der Waals surface area contributed by atoms with Crippen molar-refractivity contribution in [1.29, 1.82) is 0 Å². The lowest BCUT2D eigenvalue weighted by molar-refractivity contribution is -0.122. The second kappa shape index (κ2) is 9.19. The van der Waals surface area contributed by atoms with Crippen LogP contribution in [-0.4, -0.2) is 41.6 Å². The van der Waals surface area contributed by atoms with Gasteiger partial charge >= 0.3 is 0 Å². The van der Waals surface area contributed by atoms with Crippen LogP contribution in [0.1, 0.15) is 19.3 Å². The topological polar surface area (TPSA) is 78.4 Å². The summed E-state index contributed by atoms with van der Waals surface area (Å²) in [6.45, 7) is 2.39. The predicted molar refractivity (Wildman–Crippen MR) is 129 cm³/mol. The average molecular weight is 462 g/mol. The van der Waals surface area contributed by atoms with Crippen LogP contribution in [0.5, 0.6) is 0 Å². The summed E-state index contributed by atoms with van der Waals surface area (Å²) >= 11 is 5.94. The van der Waals surface area contributed by atoms with Crippen LogP contribution in [0.4, 0.5) is 17.2 Å². The summed E-state index contributed by atoms with van der Waals surface area (Å²) in [5, 5.41) is 12.3. The molecular formula is C25H24ClN5O2. The number of aromatic nitrogens is 2. The zero-order chi connectivity index (χ0) is 22.8. The standard InChI is InChI=1S/C25H24ClN5O2/c26-19-6-8-21(9-7-19)31-16-18(15-24(31)32)25(33)27-20-5-3-4-17(14-20)22-10-11-23(29-28-22)30-12-1-2-13-30/h3-11,14,18H,1-2,12-13,15-16H2,(H,27,33). The second-order valence-electron chi connectivity index (χ2n) is 8.42. The number of hydrogen-bond acceptors (Lipinski definition) is 5. The van der Waals surface area contributed by atoms with Gasteiger partial charge in [-0.1, -0.05) is 23.7 Å². The van der Waals surface area contributed by atoms with E-state index in [-0.39, 0.29) is 18.2 Å². The summed E-state index contributed by atoms with van der Waals surface area (Å²) in [6.07, 6.45) is 2.56. The Bertz CT molecular complexity index is 1160. The van der Waals surface area contributed by atoms with Gasteiger partial charge in [-0.3, -0.25) is 9.59 Å².